The SMILES string of the molecule is Cc1noc(C)c1-c1cnc2c(c1)c(-c1ccc(C(=O)O)cc1OC(C)C)cn2[C@H]1CCOC1. The number of benzene rings is 1. The van der Waals surface area contributed by atoms with Crippen molar-refractivity contribution in [3.8, 4) is 28.0 Å². The molecule has 8 heteroatoms. The number of carboxylic acids is 1. The van der Waals surface area contributed by atoms with E-state index in [1.807, 2.05) is 40.0 Å². The zero-order valence-electron chi connectivity index (χ0n) is 19.7. The monoisotopic (exact) mass is 461 g/mol. The third-order valence-corrected chi connectivity index (χ3v) is 6.17. The molecule has 0 unspecified atom stereocenters. The quantitative estimate of drug-likeness (QED) is 0.409. The number of pyridine rings is 1. The Labute approximate surface area is 197 Å². The number of hydrogen-bond acceptors (Lipinski definition) is 6. The molecule has 8 nitrogen and oxygen atoms in total. The van der Waals surface area contributed by atoms with Gasteiger partial charge in [-0.25, -0.2) is 9.78 Å². The molecule has 176 valence electrons. The number of carbonyl (C=O) groups is 1. The van der Waals surface area contributed by atoms with Crippen molar-refractivity contribution >= 4 is 17.0 Å². The Morgan fingerprint density at radius 3 is 2.71 bits per heavy atom. The zero-order valence-corrected chi connectivity index (χ0v) is 19.7. The fourth-order valence-electron chi connectivity index (χ4n) is 4.63. The fraction of sp³-hybridized carbons (Fsp3) is 0.346. The van der Waals surface area contributed by atoms with Crippen molar-refractivity contribution < 1.29 is 23.9 Å². The molecule has 1 aliphatic rings. The van der Waals surface area contributed by atoms with Gasteiger partial charge in [-0.1, -0.05) is 5.16 Å². The summed E-state index contributed by atoms with van der Waals surface area (Å²) in [6.45, 7) is 8.99. The Kier molecular flexibility index (Phi) is 5.61. The van der Waals surface area contributed by atoms with Gasteiger partial charge in [-0.05, 0) is 58.4 Å². The number of fused-ring (bicyclic) bond motifs is 1. The number of aromatic carboxylic acids is 1. The predicted octanol–water partition coefficient (Wildman–Crippen LogP) is 5.42. The maximum absolute atomic E-state index is 11.6. The molecule has 1 saturated heterocycles. The van der Waals surface area contributed by atoms with Gasteiger partial charge in [0, 0.05) is 46.6 Å². The highest BCUT2D eigenvalue weighted by Gasteiger charge is 2.25. The number of rotatable bonds is 6. The summed E-state index contributed by atoms with van der Waals surface area (Å²) in [5, 5.41) is 14.6. The standard InChI is InChI=1S/C26H27N3O5/c1-14(2)33-23-10-17(26(30)31)5-6-20(23)22-12-29(19-7-8-32-13-19)25-21(22)9-18(11-27-25)24-15(3)28-34-16(24)4/h5-6,9-12,14,19H,7-8,13H2,1-4H3,(H,30,31)/t19-/m0/s1. The van der Waals surface area contributed by atoms with Gasteiger partial charge in [0.15, 0.2) is 0 Å². The van der Waals surface area contributed by atoms with E-state index in [2.05, 4.69) is 22.0 Å². The topological polar surface area (TPSA) is 99.6 Å². The van der Waals surface area contributed by atoms with E-state index in [-0.39, 0.29) is 17.7 Å². The van der Waals surface area contributed by atoms with Crippen molar-refractivity contribution in [2.75, 3.05) is 13.2 Å². The molecule has 0 radical (unpaired) electrons. The third-order valence-electron chi connectivity index (χ3n) is 6.17. The van der Waals surface area contributed by atoms with Gasteiger partial charge in [0.05, 0.1) is 30.0 Å². The van der Waals surface area contributed by atoms with Crippen molar-refractivity contribution in [1.29, 1.82) is 0 Å². The summed E-state index contributed by atoms with van der Waals surface area (Å²) in [7, 11) is 0. The van der Waals surface area contributed by atoms with Crippen LogP contribution < -0.4 is 4.74 Å². The van der Waals surface area contributed by atoms with Crippen molar-refractivity contribution in [3.05, 3.63) is 53.7 Å². The van der Waals surface area contributed by atoms with Crippen LogP contribution in [0.2, 0.25) is 0 Å². The minimum Gasteiger partial charge on any atom is -0.490 e. The highest BCUT2D eigenvalue weighted by atomic mass is 16.5. The Morgan fingerprint density at radius 1 is 1.24 bits per heavy atom. The number of ether oxygens (including phenoxy) is 2. The minimum atomic E-state index is -0.993. The number of aryl methyl sites for hydroxylation is 2. The van der Waals surface area contributed by atoms with Crippen LogP contribution in [0.5, 0.6) is 5.75 Å². The number of carboxylic acid groups (broad SMARTS) is 1. The Hall–Kier alpha value is -3.65. The smallest absolute Gasteiger partial charge is 0.335 e. The van der Waals surface area contributed by atoms with E-state index in [4.69, 9.17) is 19.0 Å². The van der Waals surface area contributed by atoms with Crippen LogP contribution >= 0.6 is 0 Å². The van der Waals surface area contributed by atoms with Gasteiger partial charge in [-0.2, -0.15) is 0 Å². The highest BCUT2D eigenvalue weighted by molar-refractivity contribution is 5.99. The van der Waals surface area contributed by atoms with E-state index >= 15 is 0 Å². The van der Waals surface area contributed by atoms with E-state index in [9.17, 15) is 9.90 Å². The van der Waals surface area contributed by atoms with Crippen LogP contribution in [-0.4, -0.2) is 45.1 Å². The van der Waals surface area contributed by atoms with Crippen LogP contribution in [0.3, 0.4) is 0 Å². The summed E-state index contributed by atoms with van der Waals surface area (Å²) in [5.74, 6) is 0.269. The van der Waals surface area contributed by atoms with Gasteiger partial charge >= 0.3 is 5.97 Å². The molecule has 1 atom stereocenters. The summed E-state index contributed by atoms with van der Waals surface area (Å²) in [6.07, 6.45) is 4.72. The fourth-order valence-corrected chi connectivity index (χ4v) is 4.63. The minimum absolute atomic E-state index is 0.115. The van der Waals surface area contributed by atoms with E-state index in [0.29, 0.717) is 19.0 Å². The molecule has 4 aromatic rings. The molecule has 0 spiro atoms. The zero-order chi connectivity index (χ0) is 24.0. The molecule has 1 aromatic carbocycles. The van der Waals surface area contributed by atoms with E-state index in [1.165, 1.54) is 0 Å². The van der Waals surface area contributed by atoms with Crippen molar-refractivity contribution in [2.24, 2.45) is 0 Å². The number of aromatic nitrogens is 3. The maximum Gasteiger partial charge on any atom is 0.335 e. The molecule has 0 bridgehead atoms. The van der Waals surface area contributed by atoms with Crippen LogP contribution in [0, 0.1) is 13.8 Å². The highest BCUT2D eigenvalue weighted by Crippen LogP contribution is 2.40. The maximum atomic E-state index is 11.6. The van der Waals surface area contributed by atoms with E-state index < -0.39 is 5.97 Å². The van der Waals surface area contributed by atoms with Gasteiger partial charge in [0.2, 0.25) is 0 Å². The molecule has 1 aliphatic heterocycles. The van der Waals surface area contributed by atoms with Crippen LogP contribution in [0.4, 0.5) is 0 Å². The molecule has 0 amide bonds. The first-order chi connectivity index (χ1) is 16.3. The van der Waals surface area contributed by atoms with Crippen molar-refractivity contribution in [2.45, 2.75) is 46.3 Å². The summed E-state index contributed by atoms with van der Waals surface area (Å²) < 4.78 is 19.3. The Morgan fingerprint density at radius 2 is 2.06 bits per heavy atom. The number of hydrogen-bond donors (Lipinski definition) is 1. The lowest BCUT2D eigenvalue weighted by Crippen LogP contribution is -2.08. The molecule has 1 N–H and O–H groups in total. The Balaban J connectivity index is 1.76. The van der Waals surface area contributed by atoms with Gasteiger partial charge in [-0.15, -0.1) is 0 Å². The molecule has 4 heterocycles. The first kappa shape index (κ1) is 22.2. The summed E-state index contributed by atoms with van der Waals surface area (Å²) >= 11 is 0. The van der Waals surface area contributed by atoms with E-state index in [0.717, 1.165) is 51.2 Å². The second kappa shape index (κ2) is 8.61. The van der Waals surface area contributed by atoms with Crippen LogP contribution in [0.25, 0.3) is 33.3 Å². The normalized spacial score (nSPS) is 16.0. The molecule has 34 heavy (non-hydrogen) atoms. The summed E-state index contributed by atoms with van der Waals surface area (Å²) in [4.78, 5) is 16.5. The molecule has 0 saturated carbocycles. The lowest BCUT2D eigenvalue weighted by Gasteiger charge is -2.15. The Bertz CT molecular complexity index is 1360. The molecule has 3 aromatic heterocycles. The van der Waals surface area contributed by atoms with Gasteiger partial charge in [0.1, 0.15) is 17.2 Å². The second-order valence-electron chi connectivity index (χ2n) is 8.94. The number of nitrogens with zero attached hydrogens (tertiary/aromatic N) is 3. The third kappa shape index (κ3) is 3.84. The summed E-state index contributed by atoms with van der Waals surface area (Å²) in [5.41, 5.74) is 5.42. The largest absolute Gasteiger partial charge is 0.490 e. The van der Waals surface area contributed by atoms with E-state index in [1.54, 1.807) is 12.1 Å². The van der Waals surface area contributed by atoms with Crippen molar-refractivity contribution in [3.63, 3.8) is 0 Å². The van der Waals surface area contributed by atoms with Gasteiger partial charge < -0.3 is 23.7 Å². The van der Waals surface area contributed by atoms with Gasteiger partial charge in [-0.3, -0.25) is 0 Å². The average Bonchev–Trinajstić information content (AvgIpc) is 3.52. The first-order valence-electron chi connectivity index (χ1n) is 11.4. The lowest BCUT2D eigenvalue weighted by atomic mass is 10.00. The average molecular weight is 462 g/mol. The van der Waals surface area contributed by atoms with Crippen LogP contribution in [0.1, 0.15) is 48.1 Å². The molecular formula is C26H27N3O5. The van der Waals surface area contributed by atoms with Crippen molar-refractivity contribution in [1.82, 2.24) is 14.7 Å². The summed E-state index contributed by atoms with van der Waals surface area (Å²) in [6, 6.07) is 7.29. The molecule has 0 aliphatic carbocycles. The first-order valence-corrected chi connectivity index (χ1v) is 11.4. The van der Waals surface area contributed by atoms with Crippen LogP contribution in [-0.2, 0) is 4.74 Å². The van der Waals surface area contributed by atoms with Gasteiger partial charge in [0.25, 0.3) is 0 Å². The molecular weight excluding hydrogens is 434 g/mol. The lowest BCUT2D eigenvalue weighted by molar-refractivity contribution is 0.0696. The predicted molar refractivity (Wildman–Crippen MR) is 127 cm³/mol. The van der Waals surface area contributed by atoms with Crippen LogP contribution in [0.15, 0.2) is 41.2 Å². The second-order valence-corrected chi connectivity index (χ2v) is 8.94. The molecule has 1 fully saturated rings. The molecule has 5 rings (SSSR count).